The van der Waals surface area contributed by atoms with Gasteiger partial charge in [0.05, 0.1) is 12.5 Å². The number of nitrogens with zero attached hydrogens (tertiary/aromatic N) is 1. The summed E-state index contributed by atoms with van der Waals surface area (Å²) in [6.45, 7) is 2.09. The minimum Gasteiger partial charge on any atom is -0.493 e. The lowest BCUT2D eigenvalue weighted by molar-refractivity contribution is -0.148. The molecule has 0 bridgehead atoms. The molecule has 2 aromatic carbocycles. The Bertz CT molecular complexity index is 768. The molecular formula is C22H25NO3. The molecule has 4 nitrogen and oxygen atoms in total. The van der Waals surface area contributed by atoms with Crippen molar-refractivity contribution < 1.29 is 14.6 Å². The second kappa shape index (κ2) is 7.50. The highest BCUT2D eigenvalue weighted by Gasteiger charge is 2.39. The SMILES string of the molecule is O=C(O)C1CN(C2Cc3cccc(OCCCc4ccccc4)c3C2)C1. The maximum Gasteiger partial charge on any atom is 0.309 e. The van der Waals surface area contributed by atoms with Crippen molar-refractivity contribution in [1.29, 1.82) is 0 Å². The van der Waals surface area contributed by atoms with E-state index in [9.17, 15) is 4.79 Å². The second-order valence-electron chi connectivity index (χ2n) is 7.38. The largest absolute Gasteiger partial charge is 0.493 e. The third-order valence-electron chi connectivity index (χ3n) is 5.61. The molecule has 1 aliphatic heterocycles. The van der Waals surface area contributed by atoms with Crippen molar-refractivity contribution in [2.75, 3.05) is 19.7 Å². The molecule has 0 radical (unpaired) electrons. The van der Waals surface area contributed by atoms with Crippen LogP contribution < -0.4 is 4.74 Å². The van der Waals surface area contributed by atoms with Gasteiger partial charge in [0.25, 0.3) is 0 Å². The van der Waals surface area contributed by atoms with Crippen LogP contribution >= 0.6 is 0 Å². The van der Waals surface area contributed by atoms with Gasteiger partial charge in [0.1, 0.15) is 5.75 Å². The zero-order valence-corrected chi connectivity index (χ0v) is 14.9. The highest BCUT2D eigenvalue weighted by atomic mass is 16.5. The average molecular weight is 351 g/mol. The maximum absolute atomic E-state index is 11.0. The lowest BCUT2D eigenvalue weighted by Gasteiger charge is -2.41. The van der Waals surface area contributed by atoms with Crippen molar-refractivity contribution in [2.45, 2.75) is 31.7 Å². The quantitative estimate of drug-likeness (QED) is 0.779. The van der Waals surface area contributed by atoms with E-state index in [1.807, 2.05) is 6.07 Å². The van der Waals surface area contributed by atoms with Crippen molar-refractivity contribution in [3.8, 4) is 5.75 Å². The molecule has 2 aromatic rings. The molecule has 26 heavy (non-hydrogen) atoms. The van der Waals surface area contributed by atoms with E-state index in [0.717, 1.165) is 38.0 Å². The van der Waals surface area contributed by atoms with Gasteiger partial charge in [-0.25, -0.2) is 0 Å². The molecule has 1 unspecified atom stereocenters. The summed E-state index contributed by atoms with van der Waals surface area (Å²) in [6.07, 6.45) is 4.01. The summed E-state index contributed by atoms with van der Waals surface area (Å²) in [7, 11) is 0. The second-order valence-corrected chi connectivity index (χ2v) is 7.38. The van der Waals surface area contributed by atoms with Crippen molar-refractivity contribution >= 4 is 5.97 Å². The summed E-state index contributed by atoms with van der Waals surface area (Å²) in [5.41, 5.74) is 4.02. The van der Waals surface area contributed by atoms with Crippen LogP contribution in [0, 0.1) is 5.92 Å². The minimum absolute atomic E-state index is 0.188. The van der Waals surface area contributed by atoms with Crippen LogP contribution in [-0.4, -0.2) is 41.7 Å². The maximum atomic E-state index is 11.0. The molecule has 2 aliphatic rings. The van der Waals surface area contributed by atoms with Crippen molar-refractivity contribution in [3.63, 3.8) is 0 Å². The molecule has 1 atom stereocenters. The third-order valence-corrected chi connectivity index (χ3v) is 5.61. The van der Waals surface area contributed by atoms with Crippen molar-refractivity contribution in [1.82, 2.24) is 4.90 Å². The number of aryl methyl sites for hydroxylation is 1. The normalized spacial score (nSPS) is 19.8. The standard InChI is InChI=1S/C22H25NO3/c24-22(25)18-14-23(15-18)19-12-17-9-4-10-21(20(17)13-19)26-11-5-8-16-6-2-1-3-7-16/h1-4,6-7,9-10,18-19H,5,8,11-15H2,(H,24,25). The average Bonchev–Trinajstić information content (AvgIpc) is 3.02. The van der Waals surface area contributed by atoms with E-state index in [0.29, 0.717) is 19.1 Å². The monoisotopic (exact) mass is 351 g/mol. The smallest absolute Gasteiger partial charge is 0.309 e. The van der Waals surface area contributed by atoms with E-state index in [4.69, 9.17) is 9.84 Å². The Balaban J connectivity index is 1.30. The Morgan fingerprint density at radius 2 is 1.88 bits per heavy atom. The fourth-order valence-corrected chi connectivity index (χ4v) is 4.06. The van der Waals surface area contributed by atoms with Crippen molar-refractivity contribution in [3.05, 3.63) is 65.2 Å². The molecule has 4 rings (SSSR count). The summed E-state index contributed by atoms with van der Waals surface area (Å²) < 4.78 is 6.10. The first kappa shape index (κ1) is 17.1. The number of hydrogen-bond donors (Lipinski definition) is 1. The Morgan fingerprint density at radius 3 is 2.65 bits per heavy atom. The van der Waals surface area contributed by atoms with E-state index in [1.165, 1.54) is 16.7 Å². The first-order chi connectivity index (χ1) is 12.7. The Kier molecular flexibility index (Phi) is 4.93. The zero-order valence-electron chi connectivity index (χ0n) is 14.9. The first-order valence-electron chi connectivity index (χ1n) is 9.45. The number of carboxylic acid groups (broad SMARTS) is 1. The predicted molar refractivity (Wildman–Crippen MR) is 101 cm³/mol. The number of aliphatic carboxylic acids is 1. The molecule has 1 heterocycles. The summed E-state index contributed by atoms with van der Waals surface area (Å²) in [4.78, 5) is 13.3. The van der Waals surface area contributed by atoms with Gasteiger partial charge >= 0.3 is 5.97 Å². The van der Waals surface area contributed by atoms with Gasteiger partial charge in [-0.3, -0.25) is 9.69 Å². The fraction of sp³-hybridized carbons (Fsp3) is 0.409. The lowest BCUT2D eigenvalue weighted by atomic mass is 9.97. The van der Waals surface area contributed by atoms with E-state index in [1.54, 1.807) is 0 Å². The van der Waals surface area contributed by atoms with Crippen LogP contribution in [0.4, 0.5) is 0 Å². The molecule has 1 aliphatic carbocycles. The van der Waals surface area contributed by atoms with E-state index >= 15 is 0 Å². The molecule has 0 spiro atoms. The van der Waals surface area contributed by atoms with Crippen LogP contribution in [0.1, 0.15) is 23.1 Å². The summed E-state index contributed by atoms with van der Waals surface area (Å²) in [5.74, 6) is 0.153. The number of ether oxygens (including phenoxy) is 1. The van der Waals surface area contributed by atoms with E-state index in [-0.39, 0.29) is 5.92 Å². The van der Waals surface area contributed by atoms with Crippen molar-refractivity contribution in [2.24, 2.45) is 5.92 Å². The lowest BCUT2D eigenvalue weighted by Crippen LogP contribution is -2.55. The number of carbonyl (C=O) groups is 1. The van der Waals surface area contributed by atoms with Crippen LogP contribution in [-0.2, 0) is 24.1 Å². The fourth-order valence-electron chi connectivity index (χ4n) is 4.06. The van der Waals surface area contributed by atoms with Crippen LogP contribution in [0.5, 0.6) is 5.75 Å². The van der Waals surface area contributed by atoms with Gasteiger partial charge < -0.3 is 9.84 Å². The van der Waals surface area contributed by atoms with Gasteiger partial charge in [-0.15, -0.1) is 0 Å². The molecule has 0 amide bonds. The van der Waals surface area contributed by atoms with Gasteiger partial charge in [0, 0.05) is 19.1 Å². The van der Waals surface area contributed by atoms with Gasteiger partial charge in [0.2, 0.25) is 0 Å². The summed E-state index contributed by atoms with van der Waals surface area (Å²) >= 11 is 0. The summed E-state index contributed by atoms with van der Waals surface area (Å²) in [5, 5.41) is 9.07. The molecule has 1 fully saturated rings. The third kappa shape index (κ3) is 3.61. The molecule has 1 saturated heterocycles. The minimum atomic E-state index is -0.667. The Labute approximate surface area is 154 Å². The van der Waals surface area contributed by atoms with Crippen LogP contribution in [0.25, 0.3) is 0 Å². The molecule has 4 heteroatoms. The molecular weight excluding hydrogens is 326 g/mol. The number of benzene rings is 2. The first-order valence-corrected chi connectivity index (χ1v) is 9.45. The molecule has 136 valence electrons. The van der Waals surface area contributed by atoms with E-state index < -0.39 is 5.97 Å². The van der Waals surface area contributed by atoms with Crippen LogP contribution in [0.2, 0.25) is 0 Å². The topological polar surface area (TPSA) is 49.8 Å². The summed E-state index contributed by atoms with van der Waals surface area (Å²) in [6, 6.07) is 17.3. The van der Waals surface area contributed by atoms with E-state index in [2.05, 4.69) is 47.4 Å². The van der Waals surface area contributed by atoms with Crippen LogP contribution in [0.15, 0.2) is 48.5 Å². The molecule has 1 N–H and O–H groups in total. The van der Waals surface area contributed by atoms with Gasteiger partial charge in [0.15, 0.2) is 0 Å². The van der Waals surface area contributed by atoms with Gasteiger partial charge in [-0.1, -0.05) is 42.5 Å². The number of hydrogen-bond acceptors (Lipinski definition) is 3. The number of carboxylic acids is 1. The molecule has 0 saturated carbocycles. The number of likely N-dealkylation sites (tertiary alicyclic amines) is 1. The number of rotatable bonds is 7. The zero-order chi connectivity index (χ0) is 17.9. The van der Waals surface area contributed by atoms with Crippen LogP contribution in [0.3, 0.4) is 0 Å². The molecule has 0 aromatic heterocycles. The predicted octanol–water partition coefficient (Wildman–Crippen LogP) is 3.18. The highest BCUT2D eigenvalue weighted by Crippen LogP contribution is 2.35. The van der Waals surface area contributed by atoms with Gasteiger partial charge in [-0.05, 0) is 48.4 Å². The van der Waals surface area contributed by atoms with Gasteiger partial charge in [-0.2, -0.15) is 0 Å². The number of fused-ring (bicyclic) bond motifs is 1. The Hall–Kier alpha value is -2.33. The highest BCUT2D eigenvalue weighted by molar-refractivity contribution is 5.71. The Morgan fingerprint density at radius 1 is 1.08 bits per heavy atom.